The molecule has 0 spiro atoms. The number of ether oxygens (including phenoxy) is 2. The molecule has 0 aromatic heterocycles. The van der Waals surface area contributed by atoms with E-state index < -0.39 is 0 Å². The smallest absolute Gasteiger partial charge is 0.199 e. The van der Waals surface area contributed by atoms with Crippen molar-refractivity contribution in [3.8, 4) is 5.75 Å². The van der Waals surface area contributed by atoms with Crippen LogP contribution < -0.4 is 4.74 Å². The van der Waals surface area contributed by atoms with Crippen LogP contribution in [0.4, 0.5) is 0 Å². The molecule has 1 atom stereocenters. The molecule has 1 aliphatic heterocycles. The van der Waals surface area contributed by atoms with Gasteiger partial charge in [0.2, 0.25) is 0 Å². The zero-order valence-corrected chi connectivity index (χ0v) is 8.98. The van der Waals surface area contributed by atoms with Gasteiger partial charge in [-0.25, -0.2) is 0 Å². The van der Waals surface area contributed by atoms with E-state index in [4.69, 9.17) is 9.47 Å². The van der Waals surface area contributed by atoms with Crippen molar-refractivity contribution < 1.29 is 9.47 Å². The molecular weight excluding hydrogens is 200 g/mol. The maximum atomic E-state index is 5.71. The van der Waals surface area contributed by atoms with Gasteiger partial charge >= 0.3 is 0 Å². The zero-order valence-electron chi connectivity index (χ0n) is 8.98. The zero-order chi connectivity index (χ0) is 10.8. The van der Waals surface area contributed by atoms with E-state index in [1.807, 2.05) is 24.3 Å². The standard InChI is InChI=1S/C14H13O2/c1-2-5-12-10-13(8-7-11(12)4-1)16-14-6-3-9-15-14/h1-2,4-5,7-8,14H,3,6,9H2. The van der Waals surface area contributed by atoms with E-state index in [-0.39, 0.29) is 6.29 Å². The second-order valence-electron chi connectivity index (χ2n) is 3.97. The first-order valence-electron chi connectivity index (χ1n) is 5.61. The Bertz CT molecular complexity index is 487. The van der Waals surface area contributed by atoms with Gasteiger partial charge in [0.25, 0.3) is 0 Å². The summed E-state index contributed by atoms with van der Waals surface area (Å²) < 4.78 is 11.1. The molecule has 2 nitrogen and oxygen atoms in total. The number of benzene rings is 2. The molecule has 2 aromatic rings. The Hall–Kier alpha value is -1.54. The summed E-state index contributed by atoms with van der Waals surface area (Å²) in [5, 5.41) is 2.26. The van der Waals surface area contributed by atoms with Gasteiger partial charge in [-0.1, -0.05) is 30.3 Å². The van der Waals surface area contributed by atoms with Crippen LogP contribution in [0.1, 0.15) is 12.8 Å². The van der Waals surface area contributed by atoms with Crippen LogP contribution in [0.25, 0.3) is 10.8 Å². The number of fused-ring (bicyclic) bond motifs is 1. The van der Waals surface area contributed by atoms with E-state index in [0.29, 0.717) is 0 Å². The van der Waals surface area contributed by atoms with Gasteiger partial charge in [0.15, 0.2) is 6.29 Å². The molecule has 3 rings (SSSR count). The fraction of sp³-hybridized carbons (Fsp3) is 0.286. The van der Waals surface area contributed by atoms with Gasteiger partial charge in [0, 0.05) is 12.5 Å². The fourth-order valence-electron chi connectivity index (χ4n) is 1.95. The average Bonchev–Trinajstić information content (AvgIpc) is 2.82. The Morgan fingerprint density at radius 3 is 3.00 bits per heavy atom. The molecule has 2 heteroatoms. The van der Waals surface area contributed by atoms with Crippen molar-refractivity contribution in [2.45, 2.75) is 19.1 Å². The predicted molar refractivity (Wildman–Crippen MR) is 62.4 cm³/mol. The van der Waals surface area contributed by atoms with Gasteiger partial charge < -0.3 is 9.47 Å². The minimum Gasteiger partial charge on any atom is -0.464 e. The van der Waals surface area contributed by atoms with Gasteiger partial charge in [-0.3, -0.25) is 0 Å². The summed E-state index contributed by atoms with van der Waals surface area (Å²) in [5.74, 6) is 0.769. The Morgan fingerprint density at radius 1 is 1.19 bits per heavy atom. The summed E-state index contributed by atoms with van der Waals surface area (Å²) in [6, 6.07) is 15.4. The maximum Gasteiger partial charge on any atom is 0.199 e. The minimum atomic E-state index is -0.0857. The Morgan fingerprint density at radius 2 is 2.12 bits per heavy atom. The third-order valence-electron chi connectivity index (χ3n) is 2.78. The van der Waals surface area contributed by atoms with Gasteiger partial charge in [-0.15, -0.1) is 0 Å². The van der Waals surface area contributed by atoms with Crippen molar-refractivity contribution in [1.29, 1.82) is 0 Å². The maximum absolute atomic E-state index is 5.71. The SMILES string of the molecule is [c]1c(OC2CCCO2)ccc2ccccc12. The van der Waals surface area contributed by atoms with Crippen LogP contribution in [0.2, 0.25) is 0 Å². The lowest BCUT2D eigenvalue weighted by molar-refractivity contribution is -0.0391. The van der Waals surface area contributed by atoms with E-state index in [0.717, 1.165) is 30.6 Å². The summed E-state index contributed by atoms with van der Waals surface area (Å²) >= 11 is 0. The first kappa shape index (κ1) is 9.67. The molecule has 0 N–H and O–H groups in total. The van der Waals surface area contributed by atoms with Crippen molar-refractivity contribution in [2.24, 2.45) is 0 Å². The van der Waals surface area contributed by atoms with Crippen LogP contribution in [-0.4, -0.2) is 12.9 Å². The molecule has 1 fully saturated rings. The van der Waals surface area contributed by atoms with Crippen LogP contribution in [0.3, 0.4) is 0 Å². The molecule has 0 amide bonds. The lowest BCUT2D eigenvalue weighted by Crippen LogP contribution is -2.13. The molecule has 0 bridgehead atoms. The minimum absolute atomic E-state index is 0.0857. The van der Waals surface area contributed by atoms with Crippen molar-refractivity contribution in [3.05, 3.63) is 42.5 Å². The first-order chi connectivity index (χ1) is 7.92. The first-order valence-corrected chi connectivity index (χ1v) is 5.61. The van der Waals surface area contributed by atoms with Crippen LogP contribution in [-0.2, 0) is 4.74 Å². The van der Waals surface area contributed by atoms with E-state index in [1.165, 1.54) is 5.39 Å². The van der Waals surface area contributed by atoms with Crippen LogP contribution in [0.15, 0.2) is 36.4 Å². The highest BCUT2D eigenvalue weighted by Crippen LogP contribution is 2.23. The molecule has 2 aromatic carbocycles. The molecule has 0 saturated carbocycles. The molecular formula is C14H13O2. The second kappa shape index (κ2) is 4.14. The van der Waals surface area contributed by atoms with Crippen LogP contribution in [0.5, 0.6) is 5.75 Å². The molecule has 16 heavy (non-hydrogen) atoms. The predicted octanol–water partition coefficient (Wildman–Crippen LogP) is 3.16. The Labute approximate surface area is 94.8 Å². The summed E-state index contributed by atoms with van der Waals surface area (Å²) in [6.45, 7) is 0.804. The molecule has 1 aliphatic rings. The normalized spacial score (nSPS) is 20.1. The Balaban J connectivity index is 1.86. The monoisotopic (exact) mass is 213 g/mol. The molecule has 1 saturated heterocycles. The molecule has 81 valence electrons. The van der Waals surface area contributed by atoms with Crippen molar-refractivity contribution in [1.82, 2.24) is 0 Å². The van der Waals surface area contributed by atoms with E-state index in [1.54, 1.807) is 0 Å². The van der Waals surface area contributed by atoms with E-state index >= 15 is 0 Å². The molecule has 0 aliphatic carbocycles. The number of rotatable bonds is 2. The number of hydrogen-bond donors (Lipinski definition) is 0. The highest BCUT2D eigenvalue weighted by atomic mass is 16.7. The number of hydrogen-bond acceptors (Lipinski definition) is 2. The summed E-state index contributed by atoms with van der Waals surface area (Å²) in [5.41, 5.74) is 0. The molecule has 1 unspecified atom stereocenters. The summed E-state index contributed by atoms with van der Waals surface area (Å²) in [4.78, 5) is 0. The van der Waals surface area contributed by atoms with Gasteiger partial charge in [-0.05, 0) is 23.3 Å². The van der Waals surface area contributed by atoms with E-state index in [9.17, 15) is 0 Å². The van der Waals surface area contributed by atoms with Gasteiger partial charge in [-0.2, -0.15) is 0 Å². The average molecular weight is 213 g/mol. The molecule has 1 heterocycles. The quantitative estimate of drug-likeness (QED) is 0.763. The highest BCUT2D eigenvalue weighted by Gasteiger charge is 2.16. The third kappa shape index (κ3) is 1.89. The highest BCUT2D eigenvalue weighted by molar-refractivity contribution is 5.83. The van der Waals surface area contributed by atoms with E-state index in [2.05, 4.69) is 18.2 Å². The molecule has 1 radical (unpaired) electrons. The summed E-state index contributed by atoms with van der Waals surface area (Å²) in [6.07, 6.45) is 1.97. The third-order valence-corrected chi connectivity index (χ3v) is 2.78. The summed E-state index contributed by atoms with van der Waals surface area (Å²) in [7, 11) is 0. The lowest BCUT2D eigenvalue weighted by Gasteiger charge is -2.12. The van der Waals surface area contributed by atoms with Crippen molar-refractivity contribution >= 4 is 10.8 Å². The topological polar surface area (TPSA) is 18.5 Å². The fourth-order valence-corrected chi connectivity index (χ4v) is 1.95. The van der Waals surface area contributed by atoms with Crippen LogP contribution in [0, 0.1) is 6.07 Å². The Kier molecular flexibility index (Phi) is 2.50. The lowest BCUT2D eigenvalue weighted by atomic mass is 10.1. The largest absolute Gasteiger partial charge is 0.464 e. The van der Waals surface area contributed by atoms with Crippen molar-refractivity contribution in [3.63, 3.8) is 0 Å². The van der Waals surface area contributed by atoms with Gasteiger partial charge in [0.05, 0.1) is 6.61 Å². The van der Waals surface area contributed by atoms with Crippen LogP contribution >= 0.6 is 0 Å². The van der Waals surface area contributed by atoms with Gasteiger partial charge in [0.1, 0.15) is 5.75 Å². The van der Waals surface area contributed by atoms with Crippen molar-refractivity contribution in [2.75, 3.05) is 6.61 Å². The second-order valence-corrected chi connectivity index (χ2v) is 3.97.